The SMILES string of the molecule is CNc1ccc(-c2nn(C(C)(C)C)c3c2CCc2nc(NC(C)=O)sc2-3)cn1. The molecule has 0 saturated heterocycles. The Balaban J connectivity index is 1.89. The van der Waals surface area contributed by atoms with Crippen LogP contribution in [0.2, 0.25) is 0 Å². The Labute approximate surface area is 168 Å². The van der Waals surface area contributed by atoms with Gasteiger partial charge in [0.05, 0.1) is 27.5 Å². The number of anilines is 2. The van der Waals surface area contributed by atoms with Crippen molar-refractivity contribution in [1.82, 2.24) is 19.7 Å². The van der Waals surface area contributed by atoms with Gasteiger partial charge in [0, 0.05) is 31.3 Å². The third-order valence-corrected chi connectivity index (χ3v) is 5.74. The number of aryl methyl sites for hydroxylation is 1. The van der Waals surface area contributed by atoms with Gasteiger partial charge in [0.2, 0.25) is 5.91 Å². The lowest BCUT2D eigenvalue weighted by Crippen LogP contribution is -2.24. The number of carbonyl (C=O) groups is 1. The van der Waals surface area contributed by atoms with Crippen LogP contribution in [0.5, 0.6) is 0 Å². The van der Waals surface area contributed by atoms with Gasteiger partial charge in [0.1, 0.15) is 5.82 Å². The Kier molecular flexibility index (Phi) is 4.45. The van der Waals surface area contributed by atoms with E-state index in [-0.39, 0.29) is 11.4 Å². The highest BCUT2D eigenvalue weighted by Crippen LogP contribution is 2.44. The lowest BCUT2D eigenvalue weighted by Gasteiger charge is -2.24. The van der Waals surface area contributed by atoms with Crippen LogP contribution in [-0.2, 0) is 23.2 Å². The molecule has 7 nitrogen and oxygen atoms in total. The van der Waals surface area contributed by atoms with E-state index in [1.807, 2.05) is 19.3 Å². The van der Waals surface area contributed by atoms with Gasteiger partial charge in [-0.1, -0.05) is 11.3 Å². The van der Waals surface area contributed by atoms with Gasteiger partial charge >= 0.3 is 0 Å². The van der Waals surface area contributed by atoms with Gasteiger partial charge in [-0.2, -0.15) is 5.10 Å². The van der Waals surface area contributed by atoms with E-state index in [2.05, 4.69) is 52.1 Å². The molecule has 1 aliphatic rings. The molecule has 28 heavy (non-hydrogen) atoms. The minimum absolute atomic E-state index is 0.105. The maximum atomic E-state index is 11.5. The summed E-state index contributed by atoms with van der Waals surface area (Å²) in [6.45, 7) is 7.95. The first-order valence-electron chi connectivity index (χ1n) is 9.32. The van der Waals surface area contributed by atoms with E-state index in [9.17, 15) is 4.79 Å². The van der Waals surface area contributed by atoms with Crippen LogP contribution >= 0.6 is 11.3 Å². The summed E-state index contributed by atoms with van der Waals surface area (Å²) in [5.74, 6) is 0.726. The van der Waals surface area contributed by atoms with Crippen molar-refractivity contribution >= 4 is 28.2 Å². The van der Waals surface area contributed by atoms with Crippen LogP contribution in [0.4, 0.5) is 10.9 Å². The van der Waals surface area contributed by atoms with Crippen molar-refractivity contribution in [1.29, 1.82) is 0 Å². The summed E-state index contributed by atoms with van der Waals surface area (Å²) in [5, 5.41) is 11.5. The zero-order valence-corrected chi connectivity index (χ0v) is 17.6. The van der Waals surface area contributed by atoms with Crippen LogP contribution in [0.15, 0.2) is 18.3 Å². The molecule has 2 N–H and O–H groups in total. The molecule has 0 radical (unpaired) electrons. The molecule has 3 aromatic rings. The molecule has 3 aromatic heterocycles. The first kappa shape index (κ1) is 18.6. The van der Waals surface area contributed by atoms with Gasteiger partial charge in [0.25, 0.3) is 0 Å². The van der Waals surface area contributed by atoms with E-state index in [1.165, 1.54) is 23.8 Å². The second kappa shape index (κ2) is 6.70. The average molecular weight is 397 g/mol. The van der Waals surface area contributed by atoms with Crippen molar-refractivity contribution < 1.29 is 4.79 Å². The van der Waals surface area contributed by atoms with E-state index in [0.29, 0.717) is 5.13 Å². The molecule has 4 rings (SSSR count). The Hall–Kier alpha value is -2.74. The normalized spacial score (nSPS) is 13.0. The molecule has 0 bridgehead atoms. The number of pyridine rings is 1. The number of amides is 1. The number of hydrogen-bond donors (Lipinski definition) is 2. The zero-order valence-electron chi connectivity index (χ0n) is 16.8. The molecule has 3 heterocycles. The number of nitrogens with zero attached hydrogens (tertiary/aromatic N) is 4. The molecule has 8 heteroatoms. The molecule has 0 spiro atoms. The van der Waals surface area contributed by atoms with Gasteiger partial charge in [-0.15, -0.1) is 0 Å². The van der Waals surface area contributed by atoms with Crippen molar-refractivity contribution in [3.8, 4) is 21.8 Å². The van der Waals surface area contributed by atoms with Crippen LogP contribution in [0.1, 0.15) is 39.0 Å². The summed E-state index contributed by atoms with van der Waals surface area (Å²) in [5.41, 5.74) is 5.15. The quantitative estimate of drug-likeness (QED) is 0.701. The van der Waals surface area contributed by atoms with Crippen molar-refractivity contribution in [2.24, 2.45) is 0 Å². The Morgan fingerprint density at radius 3 is 2.64 bits per heavy atom. The highest BCUT2D eigenvalue weighted by Gasteiger charge is 2.32. The summed E-state index contributed by atoms with van der Waals surface area (Å²) in [6.07, 6.45) is 3.57. The molecule has 1 amide bonds. The molecular weight excluding hydrogens is 372 g/mol. The summed E-state index contributed by atoms with van der Waals surface area (Å²) in [4.78, 5) is 21.7. The number of thiazole rings is 1. The molecule has 0 atom stereocenters. The van der Waals surface area contributed by atoms with E-state index in [4.69, 9.17) is 5.10 Å². The molecule has 0 aromatic carbocycles. The molecule has 146 valence electrons. The number of fused-ring (bicyclic) bond motifs is 3. The smallest absolute Gasteiger partial charge is 0.223 e. The Morgan fingerprint density at radius 1 is 1.25 bits per heavy atom. The fourth-order valence-electron chi connectivity index (χ4n) is 3.47. The monoisotopic (exact) mass is 396 g/mol. The molecule has 0 fully saturated rings. The van der Waals surface area contributed by atoms with Gasteiger partial charge in [-0.3, -0.25) is 9.48 Å². The van der Waals surface area contributed by atoms with Crippen molar-refractivity contribution in [3.05, 3.63) is 29.6 Å². The second-order valence-corrected chi connectivity index (χ2v) is 8.92. The zero-order chi connectivity index (χ0) is 20.1. The van der Waals surface area contributed by atoms with E-state index in [0.717, 1.165) is 46.2 Å². The first-order valence-corrected chi connectivity index (χ1v) is 10.1. The summed E-state index contributed by atoms with van der Waals surface area (Å²) < 4.78 is 2.09. The average Bonchev–Trinajstić information content (AvgIpc) is 3.21. The summed E-state index contributed by atoms with van der Waals surface area (Å²) in [7, 11) is 1.86. The summed E-state index contributed by atoms with van der Waals surface area (Å²) >= 11 is 1.52. The predicted octanol–water partition coefficient (Wildman–Crippen LogP) is 3.92. The minimum atomic E-state index is -0.187. The van der Waals surface area contributed by atoms with Crippen LogP contribution in [0, 0.1) is 0 Å². The highest BCUT2D eigenvalue weighted by molar-refractivity contribution is 7.19. The molecule has 0 saturated carbocycles. The maximum Gasteiger partial charge on any atom is 0.223 e. The number of hydrogen-bond acceptors (Lipinski definition) is 6. The van der Waals surface area contributed by atoms with Crippen molar-refractivity contribution in [2.75, 3.05) is 17.7 Å². The van der Waals surface area contributed by atoms with Crippen molar-refractivity contribution in [2.45, 2.75) is 46.1 Å². The number of nitrogens with one attached hydrogen (secondary N) is 2. The maximum absolute atomic E-state index is 11.5. The minimum Gasteiger partial charge on any atom is -0.373 e. The molecule has 1 aliphatic carbocycles. The predicted molar refractivity (Wildman–Crippen MR) is 113 cm³/mol. The Bertz CT molecular complexity index is 1040. The first-order chi connectivity index (χ1) is 13.3. The molecular formula is C20H24N6OS. The van der Waals surface area contributed by atoms with Crippen LogP contribution in [0.3, 0.4) is 0 Å². The number of rotatable bonds is 3. The fourth-order valence-corrected chi connectivity index (χ4v) is 4.59. The largest absolute Gasteiger partial charge is 0.373 e. The number of carbonyl (C=O) groups excluding carboxylic acids is 1. The van der Waals surface area contributed by atoms with Crippen LogP contribution < -0.4 is 10.6 Å². The molecule has 0 aliphatic heterocycles. The highest BCUT2D eigenvalue weighted by atomic mass is 32.1. The Morgan fingerprint density at radius 2 is 2.04 bits per heavy atom. The fraction of sp³-hybridized carbons (Fsp3) is 0.400. The van der Waals surface area contributed by atoms with Crippen LogP contribution in [0.25, 0.3) is 21.8 Å². The van der Waals surface area contributed by atoms with Gasteiger partial charge in [-0.25, -0.2) is 9.97 Å². The van der Waals surface area contributed by atoms with E-state index >= 15 is 0 Å². The topological polar surface area (TPSA) is 84.7 Å². The van der Waals surface area contributed by atoms with Crippen molar-refractivity contribution in [3.63, 3.8) is 0 Å². The lowest BCUT2D eigenvalue weighted by molar-refractivity contribution is -0.114. The second-order valence-electron chi connectivity index (χ2n) is 7.92. The summed E-state index contributed by atoms with van der Waals surface area (Å²) in [6, 6.07) is 4.02. The number of aromatic nitrogens is 4. The van der Waals surface area contributed by atoms with E-state index in [1.54, 1.807) is 0 Å². The van der Waals surface area contributed by atoms with Gasteiger partial charge < -0.3 is 10.6 Å². The molecule has 0 unspecified atom stereocenters. The third kappa shape index (κ3) is 3.17. The lowest BCUT2D eigenvalue weighted by atomic mass is 9.95. The third-order valence-electron chi connectivity index (χ3n) is 4.72. The van der Waals surface area contributed by atoms with Gasteiger partial charge in [-0.05, 0) is 45.7 Å². The van der Waals surface area contributed by atoms with Crippen LogP contribution in [-0.4, -0.2) is 32.7 Å². The standard InChI is InChI=1S/C20H24N6OS/c1-11(27)23-19-24-14-8-7-13-16(12-6-9-15(21-5)22-10-12)25-26(20(2,3)4)17(13)18(14)28-19/h6,9-10H,7-8H2,1-5H3,(H,21,22)(H,23,24,27). The van der Waals surface area contributed by atoms with Gasteiger partial charge in [0.15, 0.2) is 5.13 Å². The van der Waals surface area contributed by atoms with E-state index < -0.39 is 0 Å².